The lowest BCUT2D eigenvalue weighted by Gasteiger charge is -2.27. The highest BCUT2D eigenvalue weighted by atomic mass is 16.5. The third-order valence-electron chi connectivity index (χ3n) is 6.57. The number of carbonyl (C=O) groups excluding carboxylic acids is 1. The summed E-state index contributed by atoms with van der Waals surface area (Å²) in [5.41, 5.74) is 3.91. The number of aryl methyl sites for hydroxylation is 2. The van der Waals surface area contributed by atoms with Gasteiger partial charge in [-0.1, -0.05) is 6.42 Å². The molecule has 0 radical (unpaired) electrons. The molecule has 0 spiro atoms. The quantitative estimate of drug-likeness (QED) is 0.600. The first-order valence-corrected chi connectivity index (χ1v) is 11.1. The molecule has 166 valence electrons. The van der Waals surface area contributed by atoms with Crippen LogP contribution in [0, 0.1) is 6.92 Å². The number of phenols is 1. The van der Waals surface area contributed by atoms with Gasteiger partial charge in [0.1, 0.15) is 17.2 Å². The first-order chi connectivity index (χ1) is 15.5. The minimum absolute atomic E-state index is 0.141. The molecule has 2 aromatic carbocycles. The molecule has 1 saturated heterocycles. The summed E-state index contributed by atoms with van der Waals surface area (Å²) in [5.74, 6) is 1.59. The Morgan fingerprint density at radius 2 is 1.97 bits per heavy atom. The number of ketones is 1. The number of hydrogen-bond acceptors (Lipinski definition) is 5. The van der Waals surface area contributed by atoms with Crippen LogP contribution in [-0.4, -0.2) is 40.6 Å². The summed E-state index contributed by atoms with van der Waals surface area (Å²) in [4.78, 5) is 15.6. The lowest BCUT2D eigenvalue weighted by molar-refractivity contribution is 0.101. The van der Waals surface area contributed by atoms with Crippen molar-refractivity contribution < 1.29 is 19.4 Å². The van der Waals surface area contributed by atoms with E-state index in [1.165, 1.54) is 6.42 Å². The van der Waals surface area contributed by atoms with E-state index < -0.39 is 0 Å². The maximum atomic E-state index is 13.3. The molecule has 1 fully saturated rings. The first kappa shape index (κ1) is 20.6. The molecule has 0 bridgehead atoms. The maximum absolute atomic E-state index is 13.3. The monoisotopic (exact) mass is 432 g/mol. The predicted octanol–water partition coefficient (Wildman–Crippen LogP) is 4.80. The number of allylic oxidation sites excluding steroid dienone is 1. The summed E-state index contributed by atoms with van der Waals surface area (Å²) < 4.78 is 13.6. The van der Waals surface area contributed by atoms with E-state index in [4.69, 9.17) is 9.47 Å². The van der Waals surface area contributed by atoms with E-state index in [-0.39, 0.29) is 17.3 Å². The number of likely N-dealkylation sites (tertiary alicyclic amines) is 1. The number of phenolic OH excluding ortho intramolecular Hbond substituents is 1. The number of aromatic hydroxyl groups is 1. The average molecular weight is 433 g/mol. The Morgan fingerprint density at radius 1 is 1.19 bits per heavy atom. The summed E-state index contributed by atoms with van der Waals surface area (Å²) in [6, 6.07) is 7.57. The van der Waals surface area contributed by atoms with Crippen LogP contribution in [0.4, 0.5) is 0 Å². The lowest BCUT2D eigenvalue weighted by atomic mass is 9.98. The van der Waals surface area contributed by atoms with Crippen LogP contribution in [0.5, 0.6) is 17.2 Å². The van der Waals surface area contributed by atoms with Gasteiger partial charge in [0.05, 0.1) is 18.2 Å². The normalized spacial score (nSPS) is 17.7. The van der Waals surface area contributed by atoms with Crippen molar-refractivity contribution in [3.8, 4) is 17.2 Å². The largest absolute Gasteiger partial charge is 0.507 e. The van der Waals surface area contributed by atoms with Crippen molar-refractivity contribution in [1.82, 2.24) is 9.47 Å². The number of ether oxygens (including phenoxy) is 2. The predicted molar refractivity (Wildman–Crippen MR) is 124 cm³/mol. The molecule has 0 unspecified atom stereocenters. The van der Waals surface area contributed by atoms with Crippen LogP contribution in [0.2, 0.25) is 0 Å². The van der Waals surface area contributed by atoms with Crippen LogP contribution >= 0.6 is 0 Å². The van der Waals surface area contributed by atoms with Crippen molar-refractivity contribution in [3.63, 3.8) is 0 Å². The van der Waals surface area contributed by atoms with Crippen molar-refractivity contribution in [2.24, 2.45) is 7.05 Å². The average Bonchev–Trinajstić information content (AvgIpc) is 3.28. The number of Topliss-reactive ketones (excluding diaryl/α,β-unsaturated/α-hetero) is 1. The Bertz CT molecular complexity index is 1250. The van der Waals surface area contributed by atoms with Crippen LogP contribution < -0.4 is 9.47 Å². The molecule has 3 heterocycles. The number of benzene rings is 2. The minimum atomic E-state index is -0.141. The second-order valence-corrected chi connectivity index (χ2v) is 8.75. The van der Waals surface area contributed by atoms with Gasteiger partial charge in [-0.05, 0) is 68.8 Å². The van der Waals surface area contributed by atoms with Gasteiger partial charge in [-0.3, -0.25) is 9.69 Å². The molecule has 32 heavy (non-hydrogen) atoms. The molecule has 2 aliphatic heterocycles. The summed E-state index contributed by atoms with van der Waals surface area (Å²) in [6.07, 6.45) is 7.34. The maximum Gasteiger partial charge on any atom is 0.232 e. The van der Waals surface area contributed by atoms with Crippen LogP contribution in [0.3, 0.4) is 0 Å². The molecular formula is C26H28N2O4. The van der Waals surface area contributed by atoms with Crippen LogP contribution in [-0.2, 0) is 13.6 Å². The van der Waals surface area contributed by atoms with E-state index >= 15 is 0 Å². The lowest BCUT2D eigenvalue weighted by Crippen LogP contribution is -2.29. The summed E-state index contributed by atoms with van der Waals surface area (Å²) in [7, 11) is 3.61. The summed E-state index contributed by atoms with van der Waals surface area (Å²) in [6.45, 7) is 4.42. The molecule has 2 aliphatic rings. The van der Waals surface area contributed by atoms with Gasteiger partial charge in [0.2, 0.25) is 5.78 Å². The molecule has 0 aliphatic carbocycles. The molecule has 1 N–H and O–H groups in total. The van der Waals surface area contributed by atoms with Crippen molar-refractivity contribution in [2.75, 3.05) is 20.2 Å². The van der Waals surface area contributed by atoms with Crippen LogP contribution in [0.25, 0.3) is 17.0 Å². The number of carbonyl (C=O) groups is 1. The van der Waals surface area contributed by atoms with Crippen molar-refractivity contribution in [2.45, 2.75) is 32.7 Å². The van der Waals surface area contributed by atoms with Gasteiger partial charge in [-0.2, -0.15) is 0 Å². The molecule has 5 rings (SSSR count). The second-order valence-electron chi connectivity index (χ2n) is 8.75. The number of aromatic nitrogens is 1. The number of rotatable bonds is 4. The SMILES string of the molecule is COc1ccc2c(c1)c(/C=C1\Oc3c(CN4CCCCC4)c(O)cc(C)c3C1=O)cn2C. The molecule has 0 amide bonds. The van der Waals surface area contributed by atoms with Gasteiger partial charge in [0, 0.05) is 36.3 Å². The van der Waals surface area contributed by atoms with E-state index in [0.717, 1.165) is 53.7 Å². The second kappa shape index (κ2) is 8.02. The molecular weight excluding hydrogens is 404 g/mol. The van der Waals surface area contributed by atoms with Gasteiger partial charge >= 0.3 is 0 Å². The summed E-state index contributed by atoms with van der Waals surface area (Å²) >= 11 is 0. The van der Waals surface area contributed by atoms with Gasteiger partial charge < -0.3 is 19.1 Å². The van der Waals surface area contributed by atoms with Crippen molar-refractivity contribution in [3.05, 3.63) is 58.5 Å². The zero-order valence-electron chi connectivity index (χ0n) is 18.8. The van der Waals surface area contributed by atoms with Crippen LogP contribution in [0.1, 0.15) is 46.3 Å². The Morgan fingerprint density at radius 3 is 2.72 bits per heavy atom. The van der Waals surface area contributed by atoms with Gasteiger partial charge in [0.15, 0.2) is 5.76 Å². The van der Waals surface area contributed by atoms with E-state index in [0.29, 0.717) is 23.4 Å². The van der Waals surface area contributed by atoms with Crippen molar-refractivity contribution >= 4 is 22.8 Å². The van der Waals surface area contributed by atoms with E-state index in [2.05, 4.69) is 4.90 Å². The highest BCUT2D eigenvalue weighted by Crippen LogP contribution is 2.43. The van der Waals surface area contributed by atoms with E-state index in [1.54, 1.807) is 19.3 Å². The third kappa shape index (κ3) is 3.45. The molecule has 6 heteroatoms. The molecule has 6 nitrogen and oxygen atoms in total. The topological polar surface area (TPSA) is 63.9 Å². The molecule has 0 atom stereocenters. The number of methoxy groups -OCH3 is 1. The first-order valence-electron chi connectivity index (χ1n) is 11.1. The number of fused-ring (bicyclic) bond motifs is 2. The highest BCUT2D eigenvalue weighted by Gasteiger charge is 2.34. The summed E-state index contributed by atoms with van der Waals surface area (Å²) in [5, 5.41) is 11.7. The number of piperidine rings is 1. The Hall–Kier alpha value is -3.25. The number of hydrogen-bond donors (Lipinski definition) is 1. The fraction of sp³-hybridized carbons (Fsp3) is 0.346. The van der Waals surface area contributed by atoms with E-state index in [1.807, 2.05) is 42.9 Å². The minimum Gasteiger partial charge on any atom is -0.507 e. The van der Waals surface area contributed by atoms with Crippen molar-refractivity contribution in [1.29, 1.82) is 0 Å². The molecule has 1 aromatic heterocycles. The van der Waals surface area contributed by atoms with Crippen LogP contribution in [0.15, 0.2) is 36.2 Å². The number of nitrogens with zero attached hydrogens (tertiary/aromatic N) is 2. The fourth-order valence-corrected chi connectivity index (χ4v) is 4.86. The zero-order chi connectivity index (χ0) is 22.4. The van der Waals surface area contributed by atoms with Gasteiger partial charge in [0.25, 0.3) is 0 Å². The standard InChI is InChI=1S/C26H28N2O4/c1-16-11-22(29)20(15-28-9-5-4-6-10-28)26-24(16)25(30)23(32-26)12-17-14-27(2)21-8-7-18(31-3)13-19(17)21/h7-8,11-14,29H,4-6,9-10,15H2,1-3H3/b23-12-. The highest BCUT2D eigenvalue weighted by molar-refractivity contribution is 6.16. The zero-order valence-corrected chi connectivity index (χ0v) is 18.8. The van der Waals surface area contributed by atoms with Gasteiger partial charge in [-0.15, -0.1) is 0 Å². The Labute approximate surface area is 187 Å². The fourth-order valence-electron chi connectivity index (χ4n) is 4.86. The third-order valence-corrected chi connectivity index (χ3v) is 6.57. The smallest absolute Gasteiger partial charge is 0.232 e. The Kier molecular flexibility index (Phi) is 5.18. The molecule has 3 aromatic rings. The Balaban J connectivity index is 1.55. The molecule has 0 saturated carbocycles. The van der Waals surface area contributed by atoms with Gasteiger partial charge in [-0.25, -0.2) is 0 Å². The van der Waals surface area contributed by atoms with E-state index in [9.17, 15) is 9.90 Å².